The van der Waals surface area contributed by atoms with Crippen LogP contribution in [0, 0.1) is 5.92 Å². The Labute approximate surface area is 108 Å². The first-order valence-electron chi connectivity index (χ1n) is 6.80. The van der Waals surface area contributed by atoms with Gasteiger partial charge in [-0.05, 0) is 61.9 Å². The van der Waals surface area contributed by atoms with E-state index in [1.807, 2.05) is 11.8 Å². The average molecular weight is 247 g/mol. The van der Waals surface area contributed by atoms with Crippen molar-refractivity contribution < 1.29 is 0 Å². The van der Waals surface area contributed by atoms with E-state index in [-0.39, 0.29) is 0 Å². The molecule has 2 unspecified atom stereocenters. The average Bonchev–Trinajstić information content (AvgIpc) is 2.70. The number of hydrogen-bond donors (Lipinski definition) is 1. The zero-order valence-electron chi connectivity index (χ0n) is 10.5. The molecule has 17 heavy (non-hydrogen) atoms. The molecule has 0 spiro atoms. The molecule has 1 fully saturated rings. The van der Waals surface area contributed by atoms with Crippen molar-refractivity contribution >= 4 is 11.8 Å². The topological polar surface area (TPSA) is 12.0 Å². The van der Waals surface area contributed by atoms with Crippen LogP contribution in [0.1, 0.15) is 30.9 Å². The summed E-state index contributed by atoms with van der Waals surface area (Å²) in [7, 11) is 0. The molecule has 0 aliphatic carbocycles. The van der Waals surface area contributed by atoms with Crippen LogP contribution < -0.4 is 5.32 Å². The molecule has 2 heterocycles. The zero-order chi connectivity index (χ0) is 11.7. The van der Waals surface area contributed by atoms with Gasteiger partial charge in [0.15, 0.2) is 0 Å². The predicted octanol–water partition coefficient (Wildman–Crippen LogP) is 3.27. The molecule has 1 saturated heterocycles. The summed E-state index contributed by atoms with van der Waals surface area (Å²) in [6.07, 6.45) is 5.27. The van der Waals surface area contributed by atoms with E-state index in [1.165, 1.54) is 43.7 Å². The van der Waals surface area contributed by atoms with Gasteiger partial charge in [0.2, 0.25) is 0 Å². The Kier molecular flexibility index (Phi) is 3.44. The minimum Gasteiger partial charge on any atom is -0.316 e. The first-order chi connectivity index (χ1) is 8.31. The first kappa shape index (κ1) is 11.6. The van der Waals surface area contributed by atoms with E-state index in [1.54, 1.807) is 11.1 Å². The monoisotopic (exact) mass is 247 g/mol. The number of rotatable bonds is 2. The van der Waals surface area contributed by atoms with Gasteiger partial charge < -0.3 is 5.32 Å². The summed E-state index contributed by atoms with van der Waals surface area (Å²) in [6.45, 7) is 4.76. The fourth-order valence-corrected chi connectivity index (χ4v) is 4.17. The fraction of sp³-hybridized carbons (Fsp3) is 0.600. The highest BCUT2D eigenvalue weighted by molar-refractivity contribution is 8.00. The summed E-state index contributed by atoms with van der Waals surface area (Å²) in [5, 5.41) is 4.28. The molecule has 92 valence electrons. The van der Waals surface area contributed by atoms with Gasteiger partial charge in [-0.25, -0.2) is 0 Å². The molecular formula is C15H21NS. The summed E-state index contributed by atoms with van der Waals surface area (Å²) >= 11 is 2.03. The Morgan fingerprint density at radius 3 is 3.18 bits per heavy atom. The maximum Gasteiger partial charge on any atom is 0.0107 e. The van der Waals surface area contributed by atoms with E-state index >= 15 is 0 Å². The molecule has 1 aromatic carbocycles. The second-order valence-corrected chi connectivity index (χ2v) is 6.97. The van der Waals surface area contributed by atoms with Crippen molar-refractivity contribution in [2.24, 2.45) is 5.92 Å². The molecule has 0 bridgehead atoms. The number of benzene rings is 1. The van der Waals surface area contributed by atoms with E-state index in [9.17, 15) is 0 Å². The molecule has 2 aliphatic heterocycles. The van der Waals surface area contributed by atoms with Crippen molar-refractivity contribution in [1.82, 2.24) is 5.32 Å². The van der Waals surface area contributed by atoms with Crippen LogP contribution in [-0.2, 0) is 12.8 Å². The normalized spacial score (nSPS) is 28.1. The van der Waals surface area contributed by atoms with Gasteiger partial charge in [0.1, 0.15) is 0 Å². The highest BCUT2D eigenvalue weighted by Crippen LogP contribution is 2.37. The van der Waals surface area contributed by atoms with Gasteiger partial charge in [-0.2, -0.15) is 0 Å². The highest BCUT2D eigenvalue weighted by atomic mass is 32.2. The van der Waals surface area contributed by atoms with Crippen molar-refractivity contribution in [1.29, 1.82) is 0 Å². The van der Waals surface area contributed by atoms with Gasteiger partial charge in [-0.1, -0.05) is 19.1 Å². The summed E-state index contributed by atoms with van der Waals surface area (Å²) in [5.74, 6) is 0.855. The second-order valence-electron chi connectivity index (χ2n) is 5.49. The van der Waals surface area contributed by atoms with Gasteiger partial charge in [0.25, 0.3) is 0 Å². The summed E-state index contributed by atoms with van der Waals surface area (Å²) < 4.78 is 0. The molecule has 1 N–H and O–H groups in total. The van der Waals surface area contributed by atoms with E-state index in [2.05, 4.69) is 30.4 Å². The van der Waals surface area contributed by atoms with Crippen molar-refractivity contribution in [2.75, 3.05) is 13.1 Å². The molecule has 0 saturated carbocycles. The number of nitrogens with one attached hydrogen (secondary N) is 1. The quantitative estimate of drug-likeness (QED) is 0.861. The minimum absolute atomic E-state index is 0.775. The highest BCUT2D eigenvalue weighted by Gasteiger charge is 2.19. The lowest BCUT2D eigenvalue weighted by molar-refractivity contribution is 0.376. The molecule has 3 rings (SSSR count). The minimum atomic E-state index is 0.775. The third kappa shape index (κ3) is 2.69. The van der Waals surface area contributed by atoms with E-state index in [0.717, 1.165) is 11.2 Å². The Morgan fingerprint density at radius 2 is 2.35 bits per heavy atom. The second kappa shape index (κ2) is 5.03. The Morgan fingerprint density at radius 1 is 1.41 bits per heavy atom. The molecule has 0 aromatic heterocycles. The lowest BCUT2D eigenvalue weighted by Crippen LogP contribution is -2.30. The Bertz CT molecular complexity index is 396. The van der Waals surface area contributed by atoms with Crippen LogP contribution in [0.4, 0.5) is 0 Å². The molecule has 2 heteroatoms. The lowest BCUT2D eigenvalue weighted by Gasteiger charge is -2.22. The van der Waals surface area contributed by atoms with Crippen LogP contribution in [0.5, 0.6) is 0 Å². The molecule has 0 radical (unpaired) electrons. The van der Waals surface area contributed by atoms with Gasteiger partial charge in [0, 0.05) is 10.1 Å². The number of hydrogen-bond acceptors (Lipinski definition) is 2. The maximum absolute atomic E-state index is 3.51. The summed E-state index contributed by atoms with van der Waals surface area (Å²) in [6, 6.07) is 7.15. The van der Waals surface area contributed by atoms with Crippen molar-refractivity contribution in [3.8, 4) is 0 Å². The molecule has 1 aromatic rings. The first-order valence-corrected chi connectivity index (χ1v) is 7.68. The van der Waals surface area contributed by atoms with Gasteiger partial charge in [0.05, 0.1) is 0 Å². The SMILES string of the molecule is CC1Cc2cc(CC3CCCNC3)ccc2S1. The summed E-state index contributed by atoms with van der Waals surface area (Å²) in [4.78, 5) is 1.52. The Balaban J connectivity index is 1.69. The van der Waals surface area contributed by atoms with Crippen LogP contribution in [-0.4, -0.2) is 18.3 Å². The third-order valence-corrected chi connectivity index (χ3v) is 5.10. The number of fused-ring (bicyclic) bond motifs is 1. The van der Waals surface area contributed by atoms with Crippen LogP contribution in [0.3, 0.4) is 0 Å². The molecule has 2 atom stereocenters. The lowest BCUT2D eigenvalue weighted by atomic mass is 9.91. The van der Waals surface area contributed by atoms with E-state index in [4.69, 9.17) is 0 Å². The van der Waals surface area contributed by atoms with Gasteiger partial charge in [-0.3, -0.25) is 0 Å². The van der Waals surface area contributed by atoms with Crippen LogP contribution in [0.2, 0.25) is 0 Å². The molecule has 2 aliphatic rings. The Hall–Kier alpha value is -0.470. The third-order valence-electron chi connectivity index (χ3n) is 3.88. The van der Waals surface area contributed by atoms with Crippen LogP contribution >= 0.6 is 11.8 Å². The number of piperidine rings is 1. The largest absolute Gasteiger partial charge is 0.316 e. The smallest absolute Gasteiger partial charge is 0.0107 e. The predicted molar refractivity (Wildman–Crippen MR) is 74.8 cm³/mol. The van der Waals surface area contributed by atoms with Crippen LogP contribution in [0.15, 0.2) is 23.1 Å². The summed E-state index contributed by atoms with van der Waals surface area (Å²) in [5.41, 5.74) is 3.14. The standard InChI is InChI=1S/C15H21NS/c1-11-7-14-9-12(4-5-15(14)17-11)8-13-3-2-6-16-10-13/h4-5,9,11,13,16H,2-3,6-8,10H2,1H3. The van der Waals surface area contributed by atoms with Crippen molar-refractivity contribution in [3.63, 3.8) is 0 Å². The van der Waals surface area contributed by atoms with Gasteiger partial charge >= 0.3 is 0 Å². The van der Waals surface area contributed by atoms with Crippen molar-refractivity contribution in [2.45, 2.75) is 42.8 Å². The van der Waals surface area contributed by atoms with Gasteiger partial charge in [-0.15, -0.1) is 11.8 Å². The molecular weight excluding hydrogens is 226 g/mol. The van der Waals surface area contributed by atoms with E-state index in [0.29, 0.717) is 0 Å². The molecule has 0 amide bonds. The fourth-order valence-electron chi connectivity index (χ4n) is 3.03. The maximum atomic E-state index is 3.51. The molecule has 1 nitrogen and oxygen atoms in total. The zero-order valence-corrected chi connectivity index (χ0v) is 11.4. The number of thioether (sulfide) groups is 1. The van der Waals surface area contributed by atoms with E-state index < -0.39 is 0 Å². The van der Waals surface area contributed by atoms with Crippen LogP contribution in [0.25, 0.3) is 0 Å². The van der Waals surface area contributed by atoms with Crippen molar-refractivity contribution in [3.05, 3.63) is 29.3 Å².